The minimum atomic E-state index is -0.930. The molecule has 5 rings (SSSR count). The zero-order valence-electron chi connectivity index (χ0n) is 22.9. The maximum Gasteiger partial charge on any atom is 0.163 e. The fraction of sp³-hybridized carbons (Fsp3) is 0.964. The van der Waals surface area contributed by atoms with Crippen molar-refractivity contribution in [2.45, 2.75) is 102 Å². The maximum atomic E-state index is 12.5. The van der Waals surface area contributed by atoms with Gasteiger partial charge >= 0.3 is 0 Å². The molecule has 1 aliphatic heterocycles. The molecule has 206 valence electrons. The molecule has 1 saturated heterocycles. The van der Waals surface area contributed by atoms with E-state index in [-0.39, 0.29) is 43.5 Å². The molecule has 0 amide bonds. The fourth-order valence-electron chi connectivity index (χ4n) is 9.59. The monoisotopic (exact) mass is 510 g/mol. The van der Waals surface area contributed by atoms with Gasteiger partial charge in [0.1, 0.15) is 19.9 Å². The fourth-order valence-corrected chi connectivity index (χ4v) is 9.59. The summed E-state index contributed by atoms with van der Waals surface area (Å²) in [7, 11) is 3.28. The van der Waals surface area contributed by atoms with E-state index in [1.165, 1.54) is 0 Å². The van der Waals surface area contributed by atoms with Crippen LogP contribution in [-0.4, -0.2) is 75.0 Å². The van der Waals surface area contributed by atoms with E-state index in [2.05, 4.69) is 13.8 Å². The molecule has 0 aromatic heterocycles. The van der Waals surface area contributed by atoms with E-state index in [1.807, 2.05) is 13.8 Å². The highest BCUT2D eigenvalue weighted by Gasteiger charge is 2.77. The molecule has 1 N–H and O–H groups in total. The van der Waals surface area contributed by atoms with E-state index in [9.17, 15) is 9.90 Å². The van der Waals surface area contributed by atoms with Crippen molar-refractivity contribution in [3.05, 3.63) is 0 Å². The van der Waals surface area contributed by atoms with Crippen molar-refractivity contribution in [2.75, 3.05) is 34.4 Å². The topological polar surface area (TPSA) is 92.7 Å². The highest BCUT2D eigenvalue weighted by Crippen LogP contribution is 2.72. The summed E-state index contributed by atoms with van der Waals surface area (Å²) in [6, 6.07) is 0. The molecule has 1 spiro atoms. The molecule has 0 radical (unpaired) electrons. The molecular weight excluding hydrogens is 464 g/mol. The van der Waals surface area contributed by atoms with Crippen molar-refractivity contribution >= 4 is 6.29 Å². The SMILES string of the molecule is COCOC1C[C@]2(C)[C@@H](C=O)CC[C@]2(OCOC)C2CC[C@]3(O)C[C@@H](C)C[C@H]4OC(C)(C)OC[C@]43C12. The Morgan fingerprint density at radius 2 is 1.81 bits per heavy atom. The van der Waals surface area contributed by atoms with Gasteiger partial charge in [-0.15, -0.1) is 0 Å². The van der Waals surface area contributed by atoms with Crippen LogP contribution in [0.4, 0.5) is 0 Å². The summed E-state index contributed by atoms with van der Waals surface area (Å²) in [6.07, 6.45) is 5.98. The Bertz CT molecular complexity index is 834. The first-order chi connectivity index (χ1) is 17.0. The Kier molecular flexibility index (Phi) is 6.93. The lowest BCUT2D eigenvalue weighted by atomic mass is 9.39. The smallest absolute Gasteiger partial charge is 0.163 e. The summed E-state index contributed by atoms with van der Waals surface area (Å²) in [4.78, 5) is 12.3. The third kappa shape index (κ3) is 3.62. The predicted molar refractivity (Wildman–Crippen MR) is 131 cm³/mol. The van der Waals surface area contributed by atoms with Crippen LogP contribution in [0.3, 0.4) is 0 Å². The summed E-state index contributed by atoms with van der Waals surface area (Å²) in [5.74, 6) is -0.511. The predicted octanol–water partition coefficient (Wildman–Crippen LogP) is 3.68. The largest absolute Gasteiger partial charge is 0.389 e. The number of aliphatic hydroxyl groups is 1. The summed E-state index contributed by atoms with van der Waals surface area (Å²) >= 11 is 0. The number of ether oxygens (including phenoxy) is 6. The first-order valence-electron chi connectivity index (χ1n) is 13.8. The second kappa shape index (κ2) is 9.25. The summed E-state index contributed by atoms with van der Waals surface area (Å²) in [5.41, 5.74) is -2.53. The first kappa shape index (κ1) is 27.0. The normalized spacial score (nSPS) is 51.5. The number of carbonyl (C=O) groups excluding carboxylic acids is 1. The van der Waals surface area contributed by atoms with Gasteiger partial charge in [0.25, 0.3) is 0 Å². The van der Waals surface area contributed by atoms with Crippen molar-refractivity contribution in [1.29, 1.82) is 0 Å². The number of carbonyl (C=O) groups is 1. The van der Waals surface area contributed by atoms with Crippen molar-refractivity contribution in [2.24, 2.45) is 34.5 Å². The summed E-state index contributed by atoms with van der Waals surface area (Å²) < 4.78 is 37.1. The van der Waals surface area contributed by atoms with Crippen LogP contribution in [0.5, 0.6) is 0 Å². The lowest BCUT2D eigenvalue weighted by Gasteiger charge is -2.71. The van der Waals surface area contributed by atoms with Crippen molar-refractivity contribution < 1.29 is 38.3 Å². The van der Waals surface area contributed by atoms with Gasteiger partial charge in [0.2, 0.25) is 0 Å². The Balaban J connectivity index is 1.67. The van der Waals surface area contributed by atoms with Crippen LogP contribution in [0.25, 0.3) is 0 Å². The van der Waals surface area contributed by atoms with E-state index < -0.39 is 27.8 Å². The third-order valence-corrected chi connectivity index (χ3v) is 11.0. The number of fused-ring (bicyclic) bond motifs is 3. The highest BCUT2D eigenvalue weighted by molar-refractivity contribution is 5.57. The minimum Gasteiger partial charge on any atom is -0.389 e. The van der Waals surface area contributed by atoms with Gasteiger partial charge in [-0.25, -0.2) is 0 Å². The molecule has 4 aliphatic carbocycles. The Morgan fingerprint density at radius 3 is 2.50 bits per heavy atom. The van der Waals surface area contributed by atoms with Crippen LogP contribution in [0.15, 0.2) is 0 Å². The molecule has 0 bridgehead atoms. The molecule has 5 aliphatic rings. The molecular formula is C28H46O8. The lowest BCUT2D eigenvalue weighted by Crippen LogP contribution is -2.78. The first-order valence-corrected chi connectivity index (χ1v) is 13.8. The lowest BCUT2D eigenvalue weighted by molar-refractivity contribution is -0.405. The van der Waals surface area contributed by atoms with Gasteiger partial charge < -0.3 is 38.3 Å². The summed E-state index contributed by atoms with van der Waals surface area (Å²) in [5, 5.41) is 12.5. The number of rotatable bonds is 7. The standard InChI is InChI=1S/C28H46O8/c1-18-11-22-27(15-34-24(2,3)36-22)23-20(8-9-26(27,30)12-18)28(35-17-32-6)10-7-19(14-29)25(28,4)13-21(23)33-16-31-5/h14,18-23,30H,7-13,15-17H2,1-6H3/t18-,19+,20?,21?,22+,23?,25+,26-,27+,28-/m0/s1. The zero-order chi connectivity index (χ0) is 26.0. The van der Waals surface area contributed by atoms with Crippen LogP contribution in [0, 0.1) is 34.5 Å². The van der Waals surface area contributed by atoms with Gasteiger partial charge in [-0.05, 0) is 70.6 Å². The van der Waals surface area contributed by atoms with Gasteiger partial charge in [-0.2, -0.15) is 0 Å². The molecule has 4 saturated carbocycles. The second-order valence-corrected chi connectivity index (χ2v) is 13.0. The molecule has 8 heteroatoms. The Hall–Kier alpha value is -0.610. The molecule has 1 heterocycles. The number of aldehydes is 1. The highest BCUT2D eigenvalue weighted by atomic mass is 16.7. The third-order valence-electron chi connectivity index (χ3n) is 11.0. The molecule has 3 unspecified atom stereocenters. The molecule has 0 aromatic carbocycles. The van der Waals surface area contributed by atoms with E-state index in [1.54, 1.807) is 14.2 Å². The van der Waals surface area contributed by atoms with Crippen LogP contribution in [-0.2, 0) is 33.2 Å². The minimum absolute atomic E-state index is 0.0581. The van der Waals surface area contributed by atoms with Gasteiger partial charge in [0.15, 0.2) is 5.79 Å². The van der Waals surface area contributed by atoms with Gasteiger partial charge in [0, 0.05) is 31.5 Å². The average Bonchev–Trinajstić information content (AvgIpc) is 3.10. The van der Waals surface area contributed by atoms with E-state index in [0.717, 1.165) is 38.4 Å². The Morgan fingerprint density at radius 1 is 1.06 bits per heavy atom. The van der Waals surface area contributed by atoms with E-state index in [4.69, 9.17) is 28.4 Å². The van der Waals surface area contributed by atoms with Crippen LogP contribution >= 0.6 is 0 Å². The number of methoxy groups -OCH3 is 2. The van der Waals surface area contributed by atoms with Crippen LogP contribution in [0.1, 0.15) is 72.6 Å². The van der Waals surface area contributed by atoms with Gasteiger partial charge in [-0.1, -0.05) is 13.8 Å². The van der Waals surface area contributed by atoms with E-state index >= 15 is 0 Å². The molecule has 8 nitrogen and oxygen atoms in total. The van der Waals surface area contributed by atoms with Crippen LogP contribution in [0.2, 0.25) is 0 Å². The number of hydrogen-bond donors (Lipinski definition) is 1. The average molecular weight is 511 g/mol. The van der Waals surface area contributed by atoms with Gasteiger partial charge in [0.05, 0.1) is 35.4 Å². The van der Waals surface area contributed by atoms with Gasteiger partial charge in [-0.3, -0.25) is 0 Å². The van der Waals surface area contributed by atoms with E-state index in [0.29, 0.717) is 25.4 Å². The molecule has 10 atom stereocenters. The second-order valence-electron chi connectivity index (χ2n) is 13.0. The van der Waals surface area contributed by atoms with Crippen molar-refractivity contribution in [1.82, 2.24) is 0 Å². The van der Waals surface area contributed by atoms with Crippen LogP contribution < -0.4 is 0 Å². The molecule has 0 aromatic rings. The Labute approximate surface area is 215 Å². The molecule has 5 fully saturated rings. The summed E-state index contributed by atoms with van der Waals surface area (Å²) in [6.45, 7) is 9.08. The zero-order valence-corrected chi connectivity index (χ0v) is 22.9. The van der Waals surface area contributed by atoms with Crippen molar-refractivity contribution in [3.63, 3.8) is 0 Å². The van der Waals surface area contributed by atoms with Crippen molar-refractivity contribution in [3.8, 4) is 0 Å². The molecule has 36 heavy (non-hydrogen) atoms. The number of hydrogen-bond acceptors (Lipinski definition) is 8. The quantitative estimate of drug-likeness (QED) is 0.410. The maximum absolute atomic E-state index is 12.5.